The summed E-state index contributed by atoms with van der Waals surface area (Å²) < 4.78 is 16.5. The van der Waals surface area contributed by atoms with Crippen LogP contribution in [0.25, 0.3) is 0 Å². The fourth-order valence-corrected chi connectivity index (χ4v) is 5.81. The molecule has 40 heavy (non-hydrogen) atoms. The first-order chi connectivity index (χ1) is 19.1. The van der Waals surface area contributed by atoms with E-state index in [1.165, 1.54) is 25.7 Å². The number of aliphatic hydroxyl groups is 4. The number of carboxylic acid groups (broad SMARTS) is 1. The SMILES string of the molecule is COc1cc(O[C@@H]2O[C@H](C(=O)O)[C@@H](O)[C@H](O)[C@H]2O)ccc1[C@@](O)(CCCN1[C@H](C)CCC[C@@H]1C)c1ccccn1. The summed E-state index contributed by atoms with van der Waals surface area (Å²) in [5, 5.41) is 51.8. The highest BCUT2D eigenvalue weighted by molar-refractivity contribution is 5.73. The molecule has 220 valence electrons. The van der Waals surface area contributed by atoms with E-state index in [2.05, 4.69) is 23.7 Å². The van der Waals surface area contributed by atoms with Crippen molar-refractivity contribution >= 4 is 5.97 Å². The van der Waals surface area contributed by atoms with E-state index < -0.39 is 42.3 Å². The molecular formula is C29H40N2O9. The lowest BCUT2D eigenvalue weighted by atomic mass is 9.84. The second kappa shape index (κ2) is 12.8. The molecule has 0 spiro atoms. The molecular weight excluding hydrogens is 520 g/mol. The normalized spacial score (nSPS) is 30.8. The molecule has 5 N–H and O–H groups in total. The zero-order valence-corrected chi connectivity index (χ0v) is 23.1. The summed E-state index contributed by atoms with van der Waals surface area (Å²) in [6, 6.07) is 11.0. The van der Waals surface area contributed by atoms with E-state index >= 15 is 0 Å². The van der Waals surface area contributed by atoms with Crippen LogP contribution in [0.5, 0.6) is 11.5 Å². The van der Waals surface area contributed by atoms with Crippen LogP contribution in [0.1, 0.15) is 57.2 Å². The summed E-state index contributed by atoms with van der Waals surface area (Å²) in [4.78, 5) is 18.4. The maximum Gasteiger partial charge on any atom is 0.335 e. The number of piperidine rings is 1. The molecule has 2 saturated heterocycles. The molecule has 4 rings (SSSR count). The highest BCUT2D eigenvalue weighted by Crippen LogP contribution is 2.41. The number of rotatable bonds is 10. The summed E-state index contributed by atoms with van der Waals surface area (Å²) in [5.74, 6) is -1.09. The average molecular weight is 561 g/mol. The van der Waals surface area contributed by atoms with Crippen molar-refractivity contribution in [1.82, 2.24) is 9.88 Å². The quantitative estimate of drug-likeness (QED) is 0.287. The maximum absolute atomic E-state index is 12.1. The summed E-state index contributed by atoms with van der Waals surface area (Å²) >= 11 is 0. The number of carbonyl (C=O) groups is 1. The molecule has 0 radical (unpaired) electrons. The van der Waals surface area contributed by atoms with Crippen molar-refractivity contribution in [2.24, 2.45) is 0 Å². The van der Waals surface area contributed by atoms with Crippen molar-refractivity contribution in [3.63, 3.8) is 0 Å². The number of hydrogen-bond acceptors (Lipinski definition) is 10. The summed E-state index contributed by atoms with van der Waals surface area (Å²) in [5.41, 5.74) is -0.554. The molecule has 0 unspecified atom stereocenters. The molecule has 3 heterocycles. The Kier molecular flexibility index (Phi) is 9.65. The van der Waals surface area contributed by atoms with Gasteiger partial charge in [0.15, 0.2) is 6.10 Å². The molecule has 2 aliphatic heterocycles. The second-order valence-electron chi connectivity index (χ2n) is 10.8. The van der Waals surface area contributed by atoms with Crippen LogP contribution in [-0.2, 0) is 15.1 Å². The minimum atomic E-state index is -1.83. The number of aliphatic hydroxyl groups excluding tert-OH is 3. The van der Waals surface area contributed by atoms with Gasteiger partial charge in [-0.15, -0.1) is 0 Å². The van der Waals surface area contributed by atoms with Gasteiger partial charge in [-0.3, -0.25) is 9.88 Å². The monoisotopic (exact) mass is 560 g/mol. The third-order valence-corrected chi connectivity index (χ3v) is 8.10. The first-order valence-corrected chi connectivity index (χ1v) is 13.7. The molecule has 11 nitrogen and oxygen atoms in total. The maximum atomic E-state index is 12.1. The predicted molar refractivity (Wildman–Crippen MR) is 144 cm³/mol. The molecule has 11 heteroatoms. The first kappa shape index (κ1) is 30.2. The van der Waals surface area contributed by atoms with E-state index in [9.17, 15) is 30.3 Å². The van der Waals surface area contributed by atoms with Gasteiger partial charge in [0.1, 0.15) is 35.4 Å². The number of nitrogens with zero attached hydrogens (tertiary/aromatic N) is 2. The van der Waals surface area contributed by atoms with Crippen molar-refractivity contribution in [3.05, 3.63) is 53.9 Å². The van der Waals surface area contributed by atoms with Gasteiger partial charge >= 0.3 is 5.97 Å². The van der Waals surface area contributed by atoms with Crippen LogP contribution in [0, 0.1) is 0 Å². The van der Waals surface area contributed by atoms with Crippen LogP contribution >= 0.6 is 0 Å². The lowest BCUT2D eigenvalue weighted by Gasteiger charge is -2.40. The Balaban J connectivity index is 1.58. The van der Waals surface area contributed by atoms with E-state index in [4.69, 9.17) is 14.2 Å². The number of methoxy groups -OCH3 is 1. The Morgan fingerprint density at radius 2 is 1.82 bits per heavy atom. The number of benzene rings is 1. The highest BCUT2D eigenvalue weighted by atomic mass is 16.7. The molecule has 0 saturated carbocycles. The number of aliphatic carboxylic acids is 1. The number of carboxylic acids is 1. The zero-order valence-electron chi connectivity index (χ0n) is 23.1. The minimum Gasteiger partial charge on any atom is -0.496 e. The van der Waals surface area contributed by atoms with Crippen LogP contribution in [-0.4, -0.2) is 97.8 Å². The molecule has 0 aliphatic carbocycles. The van der Waals surface area contributed by atoms with Gasteiger partial charge in [-0.05, 0) is 70.3 Å². The Morgan fingerprint density at radius 1 is 1.10 bits per heavy atom. The lowest BCUT2D eigenvalue weighted by molar-refractivity contribution is -0.271. The van der Waals surface area contributed by atoms with Crippen LogP contribution in [0.4, 0.5) is 0 Å². The number of pyridine rings is 1. The van der Waals surface area contributed by atoms with Crippen molar-refractivity contribution in [1.29, 1.82) is 0 Å². The first-order valence-electron chi connectivity index (χ1n) is 13.7. The molecule has 8 atom stereocenters. The fraction of sp³-hybridized carbons (Fsp3) is 0.586. The van der Waals surface area contributed by atoms with Crippen molar-refractivity contribution < 1.29 is 44.5 Å². The fourth-order valence-electron chi connectivity index (χ4n) is 5.81. The second-order valence-corrected chi connectivity index (χ2v) is 10.8. The molecule has 1 aromatic heterocycles. The smallest absolute Gasteiger partial charge is 0.335 e. The highest BCUT2D eigenvalue weighted by Gasteiger charge is 2.48. The topological polar surface area (TPSA) is 162 Å². The number of likely N-dealkylation sites (tertiary alicyclic amines) is 1. The summed E-state index contributed by atoms with van der Waals surface area (Å²) in [6.45, 7) is 5.32. The van der Waals surface area contributed by atoms with E-state index in [0.717, 1.165) is 19.4 Å². The summed E-state index contributed by atoms with van der Waals surface area (Å²) in [7, 11) is 1.45. The summed E-state index contributed by atoms with van der Waals surface area (Å²) in [6.07, 6.45) is -2.42. The lowest BCUT2D eigenvalue weighted by Crippen LogP contribution is -2.61. The van der Waals surface area contributed by atoms with Gasteiger partial charge in [-0.25, -0.2) is 4.79 Å². The van der Waals surface area contributed by atoms with Gasteiger partial charge in [0.25, 0.3) is 0 Å². The van der Waals surface area contributed by atoms with E-state index in [1.807, 2.05) is 6.07 Å². The zero-order chi connectivity index (χ0) is 29.0. The van der Waals surface area contributed by atoms with Crippen molar-refractivity contribution in [3.8, 4) is 11.5 Å². The van der Waals surface area contributed by atoms with Crippen molar-refractivity contribution in [2.45, 2.75) is 94.3 Å². The predicted octanol–water partition coefficient (Wildman–Crippen LogP) is 1.64. The molecule has 2 fully saturated rings. The van der Waals surface area contributed by atoms with E-state index in [-0.39, 0.29) is 11.5 Å². The van der Waals surface area contributed by atoms with Crippen LogP contribution < -0.4 is 9.47 Å². The molecule has 0 amide bonds. The molecule has 2 aliphatic rings. The van der Waals surface area contributed by atoms with E-state index in [1.54, 1.807) is 24.4 Å². The number of ether oxygens (including phenoxy) is 3. The van der Waals surface area contributed by atoms with Crippen LogP contribution in [0.3, 0.4) is 0 Å². The van der Waals surface area contributed by atoms with Gasteiger partial charge in [0, 0.05) is 29.9 Å². The number of hydrogen-bond donors (Lipinski definition) is 5. The van der Waals surface area contributed by atoms with Gasteiger partial charge in [0.05, 0.1) is 12.8 Å². The minimum absolute atomic E-state index is 0.136. The van der Waals surface area contributed by atoms with Gasteiger partial charge in [0.2, 0.25) is 6.29 Å². The average Bonchev–Trinajstić information content (AvgIpc) is 2.95. The standard InChI is InChI=1S/C29H40N2O9/c1-17-8-6-9-18(2)31(17)15-7-13-29(37,22-10-4-5-14-30-22)20-12-11-19(16-21(20)38-3)39-28-25(34)23(32)24(33)26(40-28)27(35)36/h4-5,10-12,14,16-18,23-26,28,32-34,37H,6-9,13,15H2,1-3H3,(H,35,36)/t17-,18+,23-,24-,25+,26-,28+,29-/m0/s1. The van der Waals surface area contributed by atoms with E-state index in [0.29, 0.717) is 36.2 Å². The van der Waals surface area contributed by atoms with Crippen LogP contribution in [0.15, 0.2) is 42.6 Å². The van der Waals surface area contributed by atoms with Gasteiger partial charge < -0.3 is 39.7 Å². The third-order valence-electron chi connectivity index (χ3n) is 8.10. The third kappa shape index (κ3) is 6.24. The Morgan fingerprint density at radius 3 is 2.45 bits per heavy atom. The Bertz CT molecular complexity index is 1130. The Hall–Kier alpha value is -2.80. The van der Waals surface area contributed by atoms with Crippen molar-refractivity contribution in [2.75, 3.05) is 13.7 Å². The van der Waals surface area contributed by atoms with Gasteiger partial charge in [-0.1, -0.05) is 12.5 Å². The molecule has 1 aromatic carbocycles. The van der Waals surface area contributed by atoms with Gasteiger partial charge in [-0.2, -0.15) is 0 Å². The molecule has 2 aromatic rings. The number of aromatic nitrogens is 1. The Labute approximate surface area is 233 Å². The largest absolute Gasteiger partial charge is 0.496 e. The molecule has 0 bridgehead atoms. The van der Waals surface area contributed by atoms with Crippen LogP contribution in [0.2, 0.25) is 0 Å².